The van der Waals surface area contributed by atoms with Crippen LogP contribution >= 0.6 is 0 Å². The Labute approximate surface area is 117 Å². The maximum Gasteiger partial charge on any atom is 0.240 e. The van der Waals surface area contributed by atoms with Crippen molar-refractivity contribution in [2.45, 2.75) is 24.3 Å². The molecule has 6 nitrogen and oxygen atoms in total. The van der Waals surface area contributed by atoms with Crippen molar-refractivity contribution >= 4 is 10.0 Å². The lowest BCUT2D eigenvalue weighted by Crippen LogP contribution is -2.23. The molecule has 0 saturated heterocycles. The van der Waals surface area contributed by atoms with Gasteiger partial charge in [-0.15, -0.1) is 0 Å². The van der Waals surface area contributed by atoms with Crippen molar-refractivity contribution in [3.8, 4) is 0 Å². The van der Waals surface area contributed by atoms with Gasteiger partial charge in [0.05, 0.1) is 17.1 Å². The van der Waals surface area contributed by atoms with Gasteiger partial charge in [0.25, 0.3) is 0 Å². The van der Waals surface area contributed by atoms with Gasteiger partial charge >= 0.3 is 0 Å². The second-order valence-electron chi connectivity index (χ2n) is 4.29. The van der Waals surface area contributed by atoms with E-state index < -0.39 is 10.0 Å². The van der Waals surface area contributed by atoms with Crippen LogP contribution in [0.2, 0.25) is 0 Å². The van der Waals surface area contributed by atoms with E-state index in [9.17, 15) is 8.42 Å². The van der Waals surface area contributed by atoms with Crippen LogP contribution in [0.3, 0.4) is 0 Å². The first-order valence-electron chi connectivity index (χ1n) is 6.20. The topological polar surface area (TPSA) is 92.4 Å². The zero-order valence-electron chi connectivity index (χ0n) is 10.8. The molecule has 7 heteroatoms. The first-order chi connectivity index (χ1) is 9.62. The van der Waals surface area contributed by atoms with E-state index in [0.717, 1.165) is 12.0 Å². The van der Waals surface area contributed by atoms with Crippen LogP contribution in [0, 0.1) is 0 Å². The molecular weight excluding hydrogens is 280 g/mol. The molecule has 0 bridgehead atoms. The van der Waals surface area contributed by atoms with E-state index in [-0.39, 0.29) is 18.0 Å². The lowest BCUT2D eigenvalue weighted by molar-refractivity contribution is 0.288. The monoisotopic (exact) mass is 296 g/mol. The van der Waals surface area contributed by atoms with Gasteiger partial charge < -0.3 is 9.63 Å². The van der Waals surface area contributed by atoms with Gasteiger partial charge in [0, 0.05) is 12.7 Å². The molecule has 0 aliphatic heterocycles. The summed E-state index contributed by atoms with van der Waals surface area (Å²) in [6.45, 7) is 0.213. The molecule has 0 aliphatic rings. The Kier molecular flexibility index (Phi) is 4.89. The summed E-state index contributed by atoms with van der Waals surface area (Å²) < 4.78 is 31.2. The SMILES string of the molecule is O=S(=O)(NCc1ccon1)c1ccc(CCCO)cc1. The van der Waals surface area contributed by atoms with Crippen molar-refractivity contribution in [3.05, 3.63) is 47.9 Å². The van der Waals surface area contributed by atoms with Crippen molar-refractivity contribution < 1.29 is 18.0 Å². The van der Waals surface area contributed by atoms with Crippen LogP contribution in [0.15, 0.2) is 46.0 Å². The third kappa shape index (κ3) is 3.89. The van der Waals surface area contributed by atoms with Crippen LogP contribution in [0.25, 0.3) is 0 Å². The molecule has 0 saturated carbocycles. The maximum absolute atomic E-state index is 12.0. The van der Waals surface area contributed by atoms with E-state index in [1.165, 1.54) is 6.26 Å². The third-order valence-electron chi connectivity index (χ3n) is 2.79. The molecule has 0 amide bonds. The Hall–Kier alpha value is -1.70. The van der Waals surface area contributed by atoms with Crippen LogP contribution in [-0.4, -0.2) is 25.3 Å². The highest BCUT2D eigenvalue weighted by Crippen LogP contribution is 2.12. The molecule has 0 spiro atoms. The molecule has 0 radical (unpaired) electrons. The summed E-state index contributed by atoms with van der Waals surface area (Å²) in [5, 5.41) is 12.4. The quantitative estimate of drug-likeness (QED) is 0.797. The fourth-order valence-corrected chi connectivity index (χ4v) is 2.70. The third-order valence-corrected chi connectivity index (χ3v) is 4.21. The molecule has 0 fully saturated rings. The Morgan fingerprint density at radius 1 is 1.20 bits per heavy atom. The average molecular weight is 296 g/mol. The van der Waals surface area contributed by atoms with E-state index in [1.54, 1.807) is 30.3 Å². The normalized spacial score (nSPS) is 11.7. The molecule has 0 unspecified atom stereocenters. The number of aliphatic hydroxyl groups is 1. The van der Waals surface area contributed by atoms with E-state index in [4.69, 9.17) is 5.11 Å². The molecule has 2 N–H and O–H groups in total. The molecule has 0 aliphatic carbocycles. The number of hydrogen-bond donors (Lipinski definition) is 2. The van der Waals surface area contributed by atoms with Crippen molar-refractivity contribution in [1.29, 1.82) is 0 Å². The first kappa shape index (κ1) is 14.7. The van der Waals surface area contributed by atoms with E-state index in [0.29, 0.717) is 12.1 Å². The minimum Gasteiger partial charge on any atom is -0.396 e. The Morgan fingerprint density at radius 3 is 2.55 bits per heavy atom. The molecule has 2 aromatic rings. The van der Waals surface area contributed by atoms with Gasteiger partial charge in [-0.3, -0.25) is 0 Å². The highest BCUT2D eigenvalue weighted by Gasteiger charge is 2.14. The highest BCUT2D eigenvalue weighted by molar-refractivity contribution is 7.89. The molecule has 0 atom stereocenters. The van der Waals surface area contributed by atoms with Crippen molar-refractivity contribution in [3.63, 3.8) is 0 Å². The number of nitrogens with zero attached hydrogens (tertiary/aromatic N) is 1. The largest absolute Gasteiger partial charge is 0.396 e. The van der Waals surface area contributed by atoms with Gasteiger partial charge in [0.2, 0.25) is 10.0 Å². The lowest BCUT2D eigenvalue weighted by Gasteiger charge is -2.06. The summed E-state index contributed by atoms with van der Waals surface area (Å²) >= 11 is 0. The second kappa shape index (κ2) is 6.65. The Bertz CT molecular complexity index is 621. The molecule has 1 heterocycles. The van der Waals surface area contributed by atoms with Crippen LogP contribution < -0.4 is 4.72 Å². The average Bonchev–Trinajstić information content (AvgIpc) is 2.97. The zero-order valence-corrected chi connectivity index (χ0v) is 11.6. The van der Waals surface area contributed by atoms with E-state index in [2.05, 4.69) is 14.4 Å². The minimum absolute atomic E-state index is 0.0884. The fourth-order valence-electron chi connectivity index (χ4n) is 1.70. The Morgan fingerprint density at radius 2 is 1.95 bits per heavy atom. The lowest BCUT2D eigenvalue weighted by atomic mass is 10.1. The number of aromatic nitrogens is 1. The van der Waals surface area contributed by atoms with Gasteiger partial charge in [-0.25, -0.2) is 13.1 Å². The molecule has 2 rings (SSSR count). The number of nitrogens with one attached hydrogen (secondary N) is 1. The molecule has 1 aromatic heterocycles. The molecular formula is C13H16N2O4S. The predicted octanol–water partition coefficient (Wildman–Crippen LogP) is 1.08. The van der Waals surface area contributed by atoms with Crippen LogP contribution in [0.5, 0.6) is 0 Å². The summed E-state index contributed by atoms with van der Waals surface area (Å²) in [6, 6.07) is 8.21. The molecule has 108 valence electrons. The van der Waals surface area contributed by atoms with E-state index in [1.807, 2.05) is 0 Å². The minimum atomic E-state index is -3.55. The Balaban J connectivity index is 2.01. The summed E-state index contributed by atoms with van der Waals surface area (Å²) in [5.74, 6) is 0. The number of hydrogen-bond acceptors (Lipinski definition) is 5. The van der Waals surface area contributed by atoms with Crippen molar-refractivity contribution in [2.75, 3.05) is 6.61 Å². The fraction of sp³-hybridized carbons (Fsp3) is 0.308. The van der Waals surface area contributed by atoms with Gasteiger partial charge in [0.1, 0.15) is 6.26 Å². The highest BCUT2D eigenvalue weighted by atomic mass is 32.2. The number of aliphatic hydroxyl groups excluding tert-OH is 1. The maximum atomic E-state index is 12.0. The smallest absolute Gasteiger partial charge is 0.240 e. The number of sulfonamides is 1. The number of benzene rings is 1. The van der Waals surface area contributed by atoms with Gasteiger partial charge in [0.15, 0.2) is 0 Å². The second-order valence-corrected chi connectivity index (χ2v) is 6.05. The predicted molar refractivity (Wildman–Crippen MR) is 72.4 cm³/mol. The zero-order chi connectivity index (χ0) is 14.4. The first-order valence-corrected chi connectivity index (χ1v) is 7.69. The molecule has 1 aromatic carbocycles. The van der Waals surface area contributed by atoms with Crippen LogP contribution in [0.4, 0.5) is 0 Å². The van der Waals surface area contributed by atoms with Crippen molar-refractivity contribution in [2.24, 2.45) is 0 Å². The van der Waals surface area contributed by atoms with Gasteiger partial charge in [-0.2, -0.15) is 0 Å². The molecule has 20 heavy (non-hydrogen) atoms. The van der Waals surface area contributed by atoms with Gasteiger partial charge in [-0.1, -0.05) is 17.3 Å². The number of aryl methyl sites for hydroxylation is 1. The van der Waals surface area contributed by atoms with Crippen LogP contribution in [-0.2, 0) is 23.0 Å². The van der Waals surface area contributed by atoms with E-state index >= 15 is 0 Å². The van der Waals surface area contributed by atoms with Crippen LogP contribution in [0.1, 0.15) is 17.7 Å². The summed E-state index contributed by atoms with van der Waals surface area (Å²) in [6.07, 6.45) is 2.78. The summed E-state index contributed by atoms with van der Waals surface area (Å²) in [5.41, 5.74) is 1.52. The van der Waals surface area contributed by atoms with Gasteiger partial charge in [-0.05, 0) is 30.5 Å². The standard InChI is InChI=1S/C13H16N2O4S/c16-8-1-2-11-3-5-13(6-4-11)20(17,18)14-10-12-7-9-19-15-12/h3-7,9,14,16H,1-2,8,10H2. The van der Waals surface area contributed by atoms with Crippen molar-refractivity contribution in [1.82, 2.24) is 9.88 Å². The number of rotatable bonds is 7. The summed E-state index contributed by atoms with van der Waals surface area (Å²) in [7, 11) is -3.55. The summed E-state index contributed by atoms with van der Waals surface area (Å²) in [4.78, 5) is 0.203.